The summed E-state index contributed by atoms with van der Waals surface area (Å²) >= 11 is 1.60. The summed E-state index contributed by atoms with van der Waals surface area (Å²) in [5.41, 5.74) is 11.4. The molecule has 4 aromatic rings. The van der Waals surface area contributed by atoms with Gasteiger partial charge in [0.2, 0.25) is 0 Å². The second kappa shape index (κ2) is 10.6. The van der Waals surface area contributed by atoms with Crippen molar-refractivity contribution in [1.29, 1.82) is 5.26 Å². The van der Waals surface area contributed by atoms with Gasteiger partial charge in [-0.1, -0.05) is 30.3 Å². The maximum Gasteiger partial charge on any atom is 0.277 e. The largest absolute Gasteiger partial charge is 0.355 e. The number of hydrogen-bond donors (Lipinski definition) is 1. The van der Waals surface area contributed by atoms with Gasteiger partial charge in [0.15, 0.2) is 0 Å². The summed E-state index contributed by atoms with van der Waals surface area (Å²) in [6, 6.07) is 12.4. The first-order valence-electron chi connectivity index (χ1n) is 11.5. The van der Waals surface area contributed by atoms with Crippen LogP contribution in [-0.2, 0) is 19.5 Å². The monoisotopic (exact) mass is 509 g/mol. The minimum Gasteiger partial charge on any atom is -0.355 e. The number of halogens is 1. The van der Waals surface area contributed by atoms with E-state index in [2.05, 4.69) is 20.9 Å². The Kier molecular flexibility index (Phi) is 7.55. The average molecular weight is 510 g/mol. The van der Waals surface area contributed by atoms with Crippen LogP contribution in [-0.4, -0.2) is 38.2 Å². The number of piperidine rings is 1. The maximum absolute atomic E-state index is 13.7. The van der Waals surface area contributed by atoms with Crippen molar-refractivity contribution in [2.24, 2.45) is 5.73 Å². The van der Waals surface area contributed by atoms with Gasteiger partial charge in [0.25, 0.3) is 5.56 Å². The highest BCUT2D eigenvalue weighted by Crippen LogP contribution is 2.32. The fourth-order valence-electron chi connectivity index (χ4n) is 4.75. The van der Waals surface area contributed by atoms with Crippen LogP contribution in [0.5, 0.6) is 0 Å². The third kappa shape index (κ3) is 4.82. The average Bonchev–Trinajstić information content (AvgIpc) is 3.40. The SMILES string of the molecule is Cc1ncsc1CCn1cnc2c(C#N)c(N3CCCC(N)C3)n(Cc3ccccc3)c2c1=O.Cl. The molecule has 10 heteroatoms. The number of aromatic nitrogens is 4. The number of rotatable bonds is 6. The molecule has 1 aliphatic heterocycles. The Morgan fingerprint density at radius 2 is 2.06 bits per heavy atom. The molecular formula is C25H28ClN7OS. The fraction of sp³-hybridized carbons (Fsp3) is 0.360. The second-order valence-electron chi connectivity index (χ2n) is 8.78. The van der Waals surface area contributed by atoms with Gasteiger partial charge >= 0.3 is 0 Å². The highest BCUT2D eigenvalue weighted by Gasteiger charge is 2.28. The van der Waals surface area contributed by atoms with Crippen LogP contribution in [0.3, 0.4) is 0 Å². The van der Waals surface area contributed by atoms with Crippen molar-refractivity contribution in [3.05, 3.63) is 74.2 Å². The van der Waals surface area contributed by atoms with Crippen molar-refractivity contribution in [3.63, 3.8) is 0 Å². The first-order chi connectivity index (χ1) is 16.6. The minimum atomic E-state index is -0.132. The molecule has 0 saturated carbocycles. The van der Waals surface area contributed by atoms with Crippen LogP contribution in [0, 0.1) is 18.3 Å². The van der Waals surface area contributed by atoms with E-state index in [0.29, 0.717) is 42.7 Å². The quantitative estimate of drug-likeness (QED) is 0.426. The summed E-state index contributed by atoms with van der Waals surface area (Å²) in [6.07, 6.45) is 4.19. The molecule has 182 valence electrons. The van der Waals surface area contributed by atoms with Gasteiger partial charge in [-0.05, 0) is 25.3 Å². The molecule has 5 rings (SSSR count). The van der Waals surface area contributed by atoms with Crippen LogP contribution >= 0.6 is 23.7 Å². The van der Waals surface area contributed by atoms with Crippen LogP contribution in [0.4, 0.5) is 5.82 Å². The minimum absolute atomic E-state index is 0. The van der Waals surface area contributed by atoms with E-state index in [1.165, 1.54) is 0 Å². The number of fused-ring (bicyclic) bond motifs is 1. The van der Waals surface area contributed by atoms with Gasteiger partial charge < -0.3 is 15.2 Å². The lowest BCUT2D eigenvalue weighted by atomic mass is 10.1. The maximum atomic E-state index is 13.7. The Hall–Kier alpha value is -3.19. The van der Waals surface area contributed by atoms with Crippen molar-refractivity contribution in [3.8, 4) is 6.07 Å². The molecule has 0 aliphatic carbocycles. The van der Waals surface area contributed by atoms with E-state index in [9.17, 15) is 10.1 Å². The molecule has 1 saturated heterocycles. The third-order valence-electron chi connectivity index (χ3n) is 6.48. The van der Waals surface area contributed by atoms with Gasteiger partial charge in [-0.15, -0.1) is 23.7 Å². The van der Waals surface area contributed by atoms with Crippen LogP contribution < -0.4 is 16.2 Å². The number of nitrogens with two attached hydrogens (primary N) is 1. The Morgan fingerprint density at radius 1 is 1.26 bits per heavy atom. The normalized spacial score (nSPS) is 15.7. The Morgan fingerprint density at radius 3 is 2.74 bits per heavy atom. The Balaban J connectivity index is 0.00000289. The number of benzene rings is 1. The number of thiazole rings is 1. The van der Waals surface area contributed by atoms with Crippen LogP contribution in [0.2, 0.25) is 0 Å². The molecule has 0 radical (unpaired) electrons. The van der Waals surface area contributed by atoms with Crippen molar-refractivity contribution < 1.29 is 0 Å². The molecule has 0 spiro atoms. The van der Waals surface area contributed by atoms with Crippen LogP contribution in [0.1, 0.15) is 34.5 Å². The second-order valence-corrected chi connectivity index (χ2v) is 9.72. The third-order valence-corrected chi connectivity index (χ3v) is 7.47. The lowest BCUT2D eigenvalue weighted by molar-refractivity contribution is 0.498. The van der Waals surface area contributed by atoms with Gasteiger partial charge in [-0.25, -0.2) is 9.97 Å². The summed E-state index contributed by atoms with van der Waals surface area (Å²) < 4.78 is 3.63. The first kappa shape index (κ1) is 24.9. The number of nitriles is 1. The highest BCUT2D eigenvalue weighted by molar-refractivity contribution is 7.09. The molecule has 0 bridgehead atoms. The number of nitrogens with zero attached hydrogens (tertiary/aromatic N) is 6. The van der Waals surface area contributed by atoms with E-state index in [4.69, 9.17) is 5.73 Å². The summed E-state index contributed by atoms with van der Waals surface area (Å²) in [4.78, 5) is 26.0. The van der Waals surface area contributed by atoms with E-state index >= 15 is 0 Å². The van der Waals surface area contributed by atoms with Gasteiger partial charge in [0.1, 0.15) is 28.5 Å². The molecule has 2 N–H and O–H groups in total. The summed E-state index contributed by atoms with van der Waals surface area (Å²) in [7, 11) is 0. The van der Waals surface area contributed by atoms with Crippen LogP contribution in [0.25, 0.3) is 11.0 Å². The molecule has 35 heavy (non-hydrogen) atoms. The van der Waals surface area contributed by atoms with E-state index < -0.39 is 0 Å². The first-order valence-corrected chi connectivity index (χ1v) is 12.4. The van der Waals surface area contributed by atoms with E-state index in [1.54, 1.807) is 22.2 Å². The highest BCUT2D eigenvalue weighted by atomic mass is 35.5. The summed E-state index contributed by atoms with van der Waals surface area (Å²) in [5.74, 6) is 0.747. The molecule has 1 aromatic carbocycles. The number of hydrogen-bond acceptors (Lipinski definition) is 7. The number of anilines is 1. The zero-order valence-electron chi connectivity index (χ0n) is 19.6. The van der Waals surface area contributed by atoms with Gasteiger partial charge in [-0.3, -0.25) is 9.36 Å². The zero-order chi connectivity index (χ0) is 23.7. The molecule has 3 aromatic heterocycles. The molecule has 1 unspecified atom stereocenters. The molecular weight excluding hydrogens is 482 g/mol. The van der Waals surface area contributed by atoms with Crippen molar-refractivity contribution in [1.82, 2.24) is 19.1 Å². The standard InChI is InChI=1S/C25H27N7OS.ClH/c1-17-21(34-16-29-17)9-11-31-15-28-22-20(12-26)24(30-10-5-8-19(27)14-30)32(23(22)25(31)33)13-18-6-3-2-4-7-18;/h2-4,6-7,15-16,19H,5,8-11,13-14,27H2,1H3;1H. The molecule has 1 aliphatic rings. The summed E-state index contributed by atoms with van der Waals surface area (Å²) in [6.45, 7) is 4.42. The van der Waals surface area contributed by atoms with Gasteiger partial charge in [-0.2, -0.15) is 5.26 Å². The Labute approximate surface area is 214 Å². The molecule has 1 atom stereocenters. The molecule has 1 fully saturated rings. The van der Waals surface area contributed by atoms with Gasteiger partial charge in [0, 0.05) is 43.5 Å². The fourth-order valence-corrected chi connectivity index (χ4v) is 5.52. The van der Waals surface area contributed by atoms with Gasteiger partial charge in [0.05, 0.1) is 17.5 Å². The van der Waals surface area contributed by atoms with Crippen molar-refractivity contribution in [2.45, 2.75) is 45.3 Å². The lowest BCUT2D eigenvalue weighted by Crippen LogP contribution is -2.44. The molecule has 4 heterocycles. The lowest BCUT2D eigenvalue weighted by Gasteiger charge is -2.33. The topological polar surface area (TPSA) is 106 Å². The smallest absolute Gasteiger partial charge is 0.277 e. The summed E-state index contributed by atoms with van der Waals surface area (Å²) in [5, 5.41) is 10.1. The van der Waals surface area contributed by atoms with E-state index in [0.717, 1.165) is 41.3 Å². The molecule has 0 amide bonds. The van der Waals surface area contributed by atoms with Crippen LogP contribution in [0.15, 0.2) is 47.0 Å². The molecule has 8 nitrogen and oxygen atoms in total. The van der Waals surface area contributed by atoms with Crippen molar-refractivity contribution >= 4 is 40.6 Å². The predicted octanol–water partition coefficient (Wildman–Crippen LogP) is 3.47. The van der Waals surface area contributed by atoms with Crippen molar-refractivity contribution in [2.75, 3.05) is 18.0 Å². The predicted molar refractivity (Wildman–Crippen MR) is 141 cm³/mol. The van der Waals surface area contributed by atoms with E-state index in [-0.39, 0.29) is 24.0 Å². The van der Waals surface area contributed by atoms with E-state index in [1.807, 2.05) is 47.3 Å². The zero-order valence-corrected chi connectivity index (χ0v) is 21.2. The number of aryl methyl sites for hydroxylation is 3. The Bertz CT molecular complexity index is 1420.